The van der Waals surface area contributed by atoms with Crippen LogP contribution in [0.2, 0.25) is 0 Å². The van der Waals surface area contributed by atoms with Crippen molar-refractivity contribution in [2.45, 2.75) is 72.3 Å². The van der Waals surface area contributed by atoms with Crippen LogP contribution in [-0.2, 0) is 17.9 Å². The number of rotatable bonds is 6. The lowest BCUT2D eigenvalue weighted by Gasteiger charge is -2.31. The monoisotopic (exact) mass is 279 g/mol. The highest BCUT2D eigenvalue weighted by atomic mass is 16.5. The van der Waals surface area contributed by atoms with Gasteiger partial charge in [0.05, 0.1) is 12.4 Å². The minimum Gasteiger partial charge on any atom is -0.467 e. The molecule has 0 aliphatic heterocycles. The molecule has 0 amide bonds. The van der Waals surface area contributed by atoms with Gasteiger partial charge in [-0.3, -0.25) is 0 Å². The van der Waals surface area contributed by atoms with Crippen molar-refractivity contribution in [2.75, 3.05) is 0 Å². The van der Waals surface area contributed by atoms with Gasteiger partial charge in [0.1, 0.15) is 12.4 Å². The third-order valence-corrected chi connectivity index (χ3v) is 4.54. The van der Waals surface area contributed by atoms with Gasteiger partial charge in [-0.15, -0.1) is 0 Å². The Morgan fingerprint density at radius 1 is 1.30 bits per heavy atom. The Kier molecular flexibility index (Phi) is 5.67. The van der Waals surface area contributed by atoms with Crippen LogP contribution in [0.25, 0.3) is 0 Å². The van der Waals surface area contributed by atoms with Gasteiger partial charge >= 0.3 is 0 Å². The minimum atomic E-state index is 0.400. The molecule has 3 atom stereocenters. The van der Waals surface area contributed by atoms with Crippen LogP contribution in [-0.4, -0.2) is 12.1 Å². The fourth-order valence-corrected chi connectivity index (χ4v) is 2.81. The SMILES string of the molecule is CC(C)NCc1ccoc1COC1CCC(C)C(C)C1. The Labute approximate surface area is 123 Å². The Hall–Kier alpha value is -0.800. The van der Waals surface area contributed by atoms with Gasteiger partial charge in [0.15, 0.2) is 0 Å². The highest BCUT2D eigenvalue weighted by Crippen LogP contribution is 2.31. The molecule has 1 aromatic rings. The second-order valence-corrected chi connectivity index (χ2v) is 6.61. The maximum atomic E-state index is 6.07. The van der Waals surface area contributed by atoms with E-state index in [9.17, 15) is 0 Å². The predicted octanol–water partition coefficient (Wildman–Crippen LogP) is 4.12. The fraction of sp³-hybridized carbons (Fsp3) is 0.765. The maximum Gasteiger partial charge on any atom is 0.133 e. The first-order valence-corrected chi connectivity index (χ1v) is 7.96. The van der Waals surface area contributed by atoms with Crippen molar-refractivity contribution in [2.24, 2.45) is 11.8 Å². The Balaban J connectivity index is 1.80. The molecular formula is C17H29NO2. The van der Waals surface area contributed by atoms with Gasteiger partial charge in [0.2, 0.25) is 0 Å². The predicted molar refractivity (Wildman–Crippen MR) is 81.4 cm³/mol. The first kappa shape index (κ1) is 15.6. The van der Waals surface area contributed by atoms with E-state index in [1.165, 1.54) is 24.8 Å². The van der Waals surface area contributed by atoms with Crippen LogP contribution in [0.3, 0.4) is 0 Å². The molecule has 3 nitrogen and oxygen atoms in total. The first-order valence-electron chi connectivity index (χ1n) is 7.96. The normalized spacial score (nSPS) is 27.1. The van der Waals surface area contributed by atoms with Crippen LogP contribution >= 0.6 is 0 Å². The molecule has 1 heterocycles. The smallest absolute Gasteiger partial charge is 0.133 e. The van der Waals surface area contributed by atoms with E-state index in [1.807, 2.05) is 6.07 Å². The molecule has 2 rings (SSSR count). The molecule has 1 aliphatic carbocycles. The average molecular weight is 279 g/mol. The summed E-state index contributed by atoms with van der Waals surface area (Å²) in [7, 11) is 0. The minimum absolute atomic E-state index is 0.400. The molecule has 0 bridgehead atoms. The van der Waals surface area contributed by atoms with E-state index in [-0.39, 0.29) is 0 Å². The summed E-state index contributed by atoms with van der Waals surface area (Å²) in [6.07, 6.45) is 5.82. The van der Waals surface area contributed by atoms with Crippen molar-refractivity contribution < 1.29 is 9.15 Å². The van der Waals surface area contributed by atoms with Gasteiger partial charge in [-0.25, -0.2) is 0 Å². The Bertz CT molecular complexity index is 399. The lowest BCUT2D eigenvalue weighted by Crippen LogP contribution is -2.27. The molecule has 0 radical (unpaired) electrons. The molecule has 114 valence electrons. The standard InChI is InChI=1S/C17H29NO2/c1-12(2)18-10-15-7-8-19-17(15)11-20-16-6-5-13(3)14(4)9-16/h7-8,12-14,16,18H,5-6,9-11H2,1-4H3. The van der Waals surface area contributed by atoms with Gasteiger partial charge in [-0.2, -0.15) is 0 Å². The second-order valence-electron chi connectivity index (χ2n) is 6.61. The van der Waals surface area contributed by atoms with Crippen molar-refractivity contribution in [1.29, 1.82) is 0 Å². The molecule has 3 unspecified atom stereocenters. The maximum absolute atomic E-state index is 6.07. The molecule has 3 heteroatoms. The summed E-state index contributed by atoms with van der Waals surface area (Å²) in [5.74, 6) is 2.58. The first-order chi connectivity index (χ1) is 9.56. The quantitative estimate of drug-likeness (QED) is 0.850. The topological polar surface area (TPSA) is 34.4 Å². The highest BCUT2D eigenvalue weighted by molar-refractivity contribution is 5.16. The largest absolute Gasteiger partial charge is 0.467 e. The molecule has 20 heavy (non-hydrogen) atoms. The molecule has 0 saturated heterocycles. The number of nitrogens with one attached hydrogen (secondary N) is 1. The van der Waals surface area contributed by atoms with Crippen LogP contribution in [0, 0.1) is 11.8 Å². The molecule has 1 N–H and O–H groups in total. The van der Waals surface area contributed by atoms with E-state index in [0.717, 1.165) is 24.1 Å². The van der Waals surface area contributed by atoms with Crippen LogP contribution < -0.4 is 5.32 Å². The molecule has 0 spiro atoms. The number of ether oxygens (including phenoxy) is 1. The van der Waals surface area contributed by atoms with Crippen LogP contribution in [0.5, 0.6) is 0 Å². The number of hydrogen-bond acceptors (Lipinski definition) is 3. The second kappa shape index (κ2) is 7.28. The van der Waals surface area contributed by atoms with Gasteiger partial charge in [0, 0.05) is 18.2 Å². The number of furan rings is 1. The summed E-state index contributed by atoms with van der Waals surface area (Å²) in [4.78, 5) is 0. The van der Waals surface area contributed by atoms with E-state index in [1.54, 1.807) is 6.26 Å². The molecule has 0 aromatic carbocycles. The lowest BCUT2D eigenvalue weighted by molar-refractivity contribution is -0.0143. The van der Waals surface area contributed by atoms with Crippen molar-refractivity contribution in [1.82, 2.24) is 5.32 Å². The van der Waals surface area contributed by atoms with E-state index in [0.29, 0.717) is 18.8 Å². The average Bonchev–Trinajstić information content (AvgIpc) is 2.85. The zero-order valence-electron chi connectivity index (χ0n) is 13.3. The lowest BCUT2D eigenvalue weighted by atomic mass is 9.80. The van der Waals surface area contributed by atoms with Gasteiger partial charge in [-0.1, -0.05) is 27.7 Å². The van der Waals surface area contributed by atoms with Gasteiger partial charge in [0.25, 0.3) is 0 Å². The molecule has 1 aliphatic rings. The van der Waals surface area contributed by atoms with Crippen molar-refractivity contribution in [3.63, 3.8) is 0 Å². The van der Waals surface area contributed by atoms with Gasteiger partial charge < -0.3 is 14.5 Å². The van der Waals surface area contributed by atoms with Crippen molar-refractivity contribution in [3.8, 4) is 0 Å². The molecular weight excluding hydrogens is 250 g/mol. The fourth-order valence-electron chi connectivity index (χ4n) is 2.81. The van der Waals surface area contributed by atoms with Gasteiger partial charge in [-0.05, 0) is 37.2 Å². The van der Waals surface area contributed by atoms with Crippen LogP contribution in [0.4, 0.5) is 0 Å². The molecule has 1 fully saturated rings. The summed E-state index contributed by atoms with van der Waals surface area (Å²) in [6.45, 7) is 10.5. The summed E-state index contributed by atoms with van der Waals surface area (Å²) in [5.41, 5.74) is 1.22. The highest BCUT2D eigenvalue weighted by Gasteiger charge is 2.25. The van der Waals surface area contributed by atoms with E-state index in [2.05, 4.69) is 33.0 Å². The zero-order valence-corrected chi connectivity index (χ0v) is 13.3. The van der Waals surface area contributed by atoms with Crippen molar-refractivity contribution >= 4 is 0 Å². The van der Waals surface area contributed by atoms with E-state index >= 15 is 0 Å². The summed E-state index contributed by atoms with van der Waals surface area (Å²) >= 11 is 0. The molecule has 1 saturated carbocycles. The zero-order chi connectivity index (χ0) is 14.5. The van der Waals surface area contributed by atoms with E-state index < -0.39 is 0 Å². The van der Waals surface area contributed by atoms with Crippen LogP contribution in [0.15, 0.2) is 16.7 Å². The third kappa shape index (κ3) is 4.35. The Morgan fingerprint density at radius 3 is 2.80 bits per heavy atom. The van der Waals surface area contributed by atoms with Crippen LogP contribution in [0.1, 0.15) is 58.3 Å². The molecule has 1 aromatic heterocycles. The van der Waals surface area contributed by atoms with E-state index in [4.69, 9.17) is 9.15 Å². The summed E-state index contributed by atoms with van der Waals surface area (Å²) < 4.78 is 11.6. The number of hydrogen-bond donors (Lipinski definition) is 1. The Morgan fingerprint density at radius 2 is 2.10 bits per heavy atom. The van der Waals surface area contributed by atoms with Crippen molar-refractivity contribution in [3.05, 3.63) is 23.7 Å². The third-order valence-electron chi connectivity index (χ3n) is 4.54. The summed E-state index contributed by atoms with van der Waals surface area (Å²) in [6, 6.07) is 2.53. The summed E-state index contributed by atoms with van der Waals surface area (Å²) in [5, 5.41) is 3.42.